The summed E-state index contributed by atoms with van der Waals surface area (Å²) in [6, 6.07) is 0. The first kappa shape index (κ1) is 64.9. The normalized spacial score (nSPS) is 13.9. The maximum Gasteiger partial charge on any atom is 0.472 e. The molecule has 2 unspecified atom stereocenters. The van der Waals surface area contributed by atoms with E-state index in [-0.39, 0.29) is 38.0 Å². The lowest BCUT2D eigenvalue weighted by atomic mass is 9.98. The van der Waals surface area contributed by atoms with Gasteiger partial charge in [0.15, 0.2) is 11.0 Å². The van der Waals surface area contributed by atoms with E-state index in [4.69, 9.17) is 23.3 Å². The highest BCUT2D eigenvalue weighted by atomic mass is 32.1. The first-order valence-corrected chi connectivity index (χ1v) is 28.2. The van der Waals surface area contributed by atoms with Crippen molar-refractivity contribution in [3.63, 3.8) is 0 Å². The van der Waals surface area contributed by atoms with Gasteiger partial charge in [-0.1, -0.05) is 228 Å². The average molecular weight is 952 g/mol. The third kappa shape index (κ3) is 46.0. The average Bonchev–Trinajstić information content (AvgIpc) is 3.25. The molecule has 0 fully saturated rings. The maximum absolute atomic E-state index is 12.8. The van der Waals surface area contributed by atoms with Crippen LogP contribution in [0.2, 0.25) is 0 Å². The Morgan fingerprint density at radius 2 is 0.922 bits per heavy atom. The van der Waals surface area contributed by atoms with E-state index in [1.807, 2.05) is 34.6 Å². The first-order valence-electron chi connectivity index (χ1n) is 26.2. The van der Waals surface area contributed by atoms with E-state index in [1.54, 1.807) is 0 Å². The SMILES string of the molecule is CC.CCCCCCCCCCCCCCCCCC(=O)OC[C@H](COP(=O)(O)OCCNC(=O)C(C)(S)OCC(C)(C)C)OC(=O)CCCCCCCCCCCCCCCCC. The van der Waals surface area contributed by atoms with E-state index in [0.29, 0.717) is 19.4 Å². The van der Waals surface area contributed by atoms with Gasteiger partial charge in [-0.3, -0.25) is 23.4 Å². The van der Waals surface area contributed by atoms with Crippen LogP contribution in [-0.4, -0.2) is 66.7 Å². The highest BCUT2D eigenvalue weighted by Crippen LogP contribution is 2.43. The summed E-state index contributed by atoms with van der Waals surface area (Å²) in [6.07, 6.45) is 36.2. The second kappa shape index (κ2) is 44.3. The minimum absolute atomic E-state index is 0.101. The molecular formula is C51H102NO10PS. The van der Waals surface area contributed by atoms with Crippen LogP contribution in [0, 0.1) is 5.41 Å². The number of unbranched alkanes of at least 4 members (excludes halogenated alkanes) is 28. The largest absolute Gasteiger partial charge is 0.472 e. The molecule has 0 aliphatic rings. The molecule has 0 rings (SSSR count). The molecule has 11 nitrogen and oxygen atoms in total. The van der Waals surface area contributed by atoms with Crippen LogP contribution >= 0.6 is 20.5 Å². The van der Waals surface area contributed by atoms with Crippen molar-refractivity contribution < 1.29 is 47.1 Å². The molecule has 0 aromatic rings. The van der Waals surface area contributed by atoms with Gasteiger partial charge >= 0.3 is 19.8 Å². The van der Waals surface area contributed by atoms with Crippen LogP contribution in [-0.2, 0) is 42.2 Å². The number of phosphoric acid groups is 1. The highest BCUT2D eigenvalue weighted by molar-refractivity contribution is 7.82. The van der Waals surface area contributed by atoms with Crippen LogP contribution in [0.15, 0.2) is 0 Å². The summed E-state index contributed by atoms with van der Waals surface area (Å²) in [5.41, 5.74) is -0.171. The van der Waals surface area contributed by atoms with Crippen LogP contribution in [0.25, 0.3) is 0 Å². The summed E-state index contributed by atoms with van der Waals surface area (Å²) >= 11 is 4.31. The zero-order valence-electron chi connectivity index (χ0n) is 42.8. The number of thiol groups is 1. The lowest BCUT2D eigenvalue weighted by Crippen LogP contribution is -2.44. The van der Waals surface area contributed by atoms with Crippen LogP contribution in [0.5, 0.6) is 0 Å². The van der Waals surface area contributed by atoms with Crippen molar-refractivity contribution in [1.82, 2.24) is 5.32 Å². The topological polar surface area (TPSA) is 147 Å². The summed E-state index contributed by atoms with van der Waals surface area (Å²) in [6.45, 7) is 15.0. The highest BCUT2D eigenvalue weighted by Gasteiger charge is 2.32. The zero-order chi connectivity index (χ0) is 48.2. The number of rotatable bonds is 45. The molecule has 0 bridgehead atoms. The van der Waals surface area contributed by atoms with Gasteiger partial charge < -0.3 is 24.4 Å². The molecule has 0 radical (unpaired) electrons. The molecule has 13 heteroatoms. The van der Waals surface area contributed by atoms with Gasteiger partial charge in [-0.25, -0.2) is 4.57 Å². The monoisotopic (exact) mass is 952 g/mol. The molecule has 3 atom stereocenters. The number of phosphoric ester groups is 1. The van der Waals surface area contributed by atoms with E-state index in [1.165, 1.54) is 148 Å². The van der Waals surface area contributed by atoms with Crippen molar-refractivity contribution in [2.75, 3.05) is 33.0 Å². The molecule has 2 N–H and O–H groups in total. The number of hydrogen-bond acceptors (Lipinski definition) is 10. The number of carbonyl (C=O) groups excluding carboxylic acids is 3. The Labute approximate surface area is 399 Å². The van der Waals surface area contributed by atoms with Gasteiger partial charge in [-0.05, 0) is 25.2 Å². The third-order valence-electron chi connectivity index (χ3n) is 11.0. The second-order valence-corrected chi connectivity index (χ2v) is 21.2. The van der Waals surface area contributed by atoms with Crippen molar-refractivity contribution in [2.24, 2.45) is 5.41 Å². The van der Waals surface area contributed by atoms with Gasteiger partial charge in [0.25, 0.3) is 5.91 Å². The van der Waals surface area contributed by atoms with E-state index in [9.17, 15) is 23.8 Å². The van der Waals surface area contributed by atoms with Crippen LogP contribution in [0.1, 0.15) is 261 Å². The molecule has 0 saturated heterocycles. The van der Waals surface area contributed by atoms with E-state index in [2.05, 4.69) is 31.8 Å². The number of hydrogen-bond donors (Lipinski definition) is 3. The predicted octanol–water partition coefficient (Wildman–Crippen LogP) is 14.9. The second-order valence-electron chi connectivity index (χ2n) is 18.9. The number of amides is 1. The minimum Gasteiger partial charge on any atom is -0.462 e. The summed E-state index contributed by atoms with van der Waals surface area (Å²) in [4.78, 5) is 46.9. The van der Waals surface area contributed by atoms with Gasteiger partial charge in [0.05, 0.1) is 19.8 Å². The van der Waals surface area contributed by atoms with Crippen molar-refractivity contribution >= 4 is 38.3 Å². The number of carbonyl (C=O) groups is 3. The molecule has 0 aromatic heterocycles. The van der Waals surface area contributed by atoms with Crippen molar-refractivity contribution in [3.05, 3.63) is 0 Å². The summed E-state index contributed by atoms with van der Waals surface area (Å²) in [7, 11) is -4.61. The number of nitrogens with one attached hydrogen (secondary N) is 1. The van der Waals surface area contributed by atoms with Gasteiger partial charge in [-0.2, -0.15) is 0 Å². The summed E-state index contributed by atoms with van der Waals surface area (Å²) in [5, 5.41) is 2.58. The molecule has 382 valence electrons. The minimum atomic E-state index is -4.61. The van der Waals surface area contributed by atoms with Crippen molar-refractivity contribution in [1.29, 1.82) is 0 Å². The molecule has 0 spiro atoms. The lowest BCUT2D eigenvalue weighted by molar-refractivity contribution is -0.161. The Kier molecular flexibility index (Phi) is 45.0. The van der Waals surface area contributed by atoms with E-state index in [0.717, 1.165) is 38.5 Å². The molecule has 0 aromatic carbocycles. The molecule has 64 heavy (non-hydrogen) atoms. The lowest BCUT2D eigenvalue weighted by Gasteiger charge is -2.28. The predicted molar refractivity (Wildman–Crippen MR) is 269 cm³/mol. The van der Waals surface area contributed by atoms with Gasteiger partial charge in [0, 0.05) is 19.4 Å². The molecular weight excluding hydrogens is 850 g/mol. The fourth-order valence-electron chi connectivity index (χ4n) is 7.03. The van der Waals surface area contributed by atoms with Crippen molar-refractivity contribution in [2.45, 2.75) is 272 Å². The number of esters is 2. The fraction of sp³-hybridized carbons (Fsp3) is 0.941. The molecule has 0 aliphatic carbocycles. The Morgan fingerprint density at radius 3 is 1.30 bits per heavy atom. The third-order valence-corrected chi connectivity index (χ3v) is 12.3. The summed E-state index contributed by atoms with van der Waals surface area (Å²) in [5.74, 6) is -1.41. The maximum atomic E-state index is 12.8. The first-order chi connectivity index (χ1) is 30.6. The van der Waals surface area contributed by atoms with Crippen LogP contribution < -0.4 is 5.32 Å². The van der Waals surface area contributed by atoms with Crippen LogP contribution in [0.4, 0.5) is 0 Å². The van der Waals surface area contributed by atoms with Crippen molar-refractivity contribution in [3.8, 4) is 0 Å². The molecule has 1 amide bonds. The van der Waals surface area contributed by atoms with Gasteiger partial charge in [0.2, 0.25) is 0 Å². The van der Waals surface area contributed by atoms with E-state index < -0.39 is 43.3 Å². The van der Waals surface area contributed by atoms with Crippen LogP contribution in [0.3, 0.4) is 0 Å². The fourth-order valence-corrected chi connectivity index (χ4v) is 7.92. The van der Waals surface area contributed by atoms with Gasteiger partial charge in [-0.15, -0.1) is 12.6 Å². The quantitative estimate of drug-likeness (QED) is 0.0177. The van der Waals surface area contributed by atoms with Gasteiger partial charge in [0.1, 0.15) is 6.61 Å². The smallest absolute Gasteiger partial charge is 0.462 e. The standard InChI is InChI=1S/C49H96NO10PS.C2H6/c1-7-9-11-13-15-17-19-21-23-25-27-29-31-33-35-37-45(51)56-41-44(42-59-61(54,55)58-40-39-50-47(53)49(6,62)57-43-48(3,4)5)60-46(52)38-36-34-32-30-28-26-24-22-20-18-16-14-12-10-8-2;1-2/h44,62H,7-43H2,1-6H3,(H,50,53)(H,54,55);1-2H3/t44-,49?;/m1./s1. The molecule has 0 heterocycles. The Bertz CT molecular complexity index is 1140. The Hall–Kier alpha value is -1.17. The Balaban J connectivity index is 0. The zero-order valence-corrected chi connectivity index (χ0v) is 44.5. The van der Waals surface area contributed by atoms with E-state index >= 15 is 0 Å². The molecule has 0 saturated carbocycles. The molecule has 0 aliphatic heterocycles. The summed E-state index contributed by atoms with van der Waals surface area (Å²) < 4.78 is 39.6. The number of ether oxygens (including phenoxy) is 3. The Morgan fingerprint density at radius 1 is 0.562 bits per heavy atom.